The Labute approximate surface area is 159 Å². The fourth-order valence-corrected chi connectivity index (χ4v) is 3.63. The number of rotatable bonds is 5. The summed E-state index contributed by atoms with van der Waals surface area (Å²) in [4.78, 5) is 27.6. The van der Waals surface area contributed by atoms with E-state index in [-0.39, 0.29) is 12.0 Å². The molecule has 142 valence electrons. The number of carbonyl (C=O) groups is 1. The van der Waals surface area contributed by atoms with E-state index in [1.165, 1.54) is 0 Å². The zero-order chi connectivity index (χ0) is 18.5. The summed E-state index contributed by atoms with van der Waals surface area (Å²) in [5.74, 6) is 1.97. The Kier molecular flexibility index (Phi) is 5.48. The van der Waals surface area contributed by atoms with Crippen LogP contribution in [-0.4, -0.2) is 77.6 Å². The minimum Gasteiger partial charge on any atom is -0.487 e. The summed E-state index contributed by atoms with van der Waals surface area (Å²) in [6.45, 7) is 5.46. The highest BCUT2D eigenvalue weighted by Crippen LogP contribution is 2.18. The molecule has 0 aromatic carbocycles. The Hall–Kier alpha value is -2.67. The van der Waals surface area contributed by atoms with E-state index in [9.17, 15) is 4.79 Å². The smallest absolute Gasteiger partial charge is 0.236 e. The maximum absolute atomic E-state index is 12.7. The number of nitrogens with zero attached hydrogens (tertiary/aromatic N) is 5. The maximum atomic E-state index is 12.7. The number of hydrogen-bond donors (Lipinski definition) is 0. The van der Waals surface area contributed by atoms with E-state index in [1.807, 2.05) is 41.4 Å². The average molecular weight is 367 g/mol. The lowest BCUT2D eigenvalue weighted by atomic mass is 10.3. The molecule has 1 atom stereocenters. The fourth-order valence-electron chi connectivity index (χ4n) is 3.63. The third-order valence-electron chi connectivity index (χ3n) is 5.14. The predicted molar refractivity (Wildman–Crippen MR) is 103 cm³/mol. The highest BCUT2D eigenvalue weighted by atomic mass is 16.5. The van der Waals surface area contributed by atoms with Crippen molar-refractivity contribution >= 4 is 11.7 Å². The molecule has 2 aliphatic heterocycles. The van der Waals surface area contributed by atoms with Crippen molar-refractivity contribution in [1.29, 1.82) is 0 Å². The van der Waals surface area contributed by atoms with Crippen molar-refractivity contribution in [3.05, 3.63) is 48.9 Å². The van der Waals surface area contributed by atoms with Crippen LogP contribution in [0, 0.1) is 0 Å². The van der Waals surface area contributed by atoms with Gasteiger partial charge in [-0.1, -0.05) is 6.07 Å². The van der Waals surface area contributed by atoms with Crippen molar-refractivity contribution in [2.75, 3.05) is 50.7 Å². The van der Waals surface area contributed by atoms with E-state index in [0.29, 0.717) is 13.1 Å². The van der Waals surface area contributed by atoms with Gasteiger partial charge in [-0.15, -0.1) is 0 Å². The molecule has 0 spiro atoms. The first-order valence-corrected chi connectivity index (χ1v) is 9.51. The van der Waals surface area contributed by atoms with Crippen molar-refractivity contribution in [2.24, 2.45) is 0 Å². The Balaban J connectivity index is 1.22. The minimum absolute atomic E-state index is 0.0548. The van der Waals surface area contributed by atoms with Gasteiger partial charge in [-0.05, 0) is 24.3 Å². The van der Waals surface area contributed by atoms with Gasteiger partial charge < -0.3 is 14.5 Å². The van der Waals surface area contributed by atoms with Crippen molar-refractivity contribution in [3.63, 3.8) is 0 Å². The van der Waals surface area contributed by atoms with Gasteiger partial charge in [0.15, 0.2) is 0 Å². The van der Waals surface area contributed by atoms with Gasteiger partial charge >= 0.3 is 0 Å². The molecule has 0 radical (unpaired) electrons. The number of amides is 1. The molecule has 0 bridgehead atoms. The van der Waals surface area contributed by atoms with Crippen molar-refractivity contribution in [2.45, 2.75) is 12.5 Å². The monoisotopic (exact) mass is 367 g/mol. The van der Waals surface area contributed by atoms with Crippen LogP contribution in [0.4, 0.5) is 5.82 Å². The molecule has 0 saturated carbocycles. The SMILES string of the molecule is O=C(CN1CCN(c2ccccn2)CC1)N1CC[C@H](Oc2cccnc2)C1. The molecule has 4 heterocycles. The van der Waals surface area contributed by atoms with Gasteiger partial charge in [-0.2, -0.15) is 0 Å². The Bertz CT molecular complexity index is 735. The zero-order valence-electron chi connectivity index (χ0n) is 15.4. The summed E-state index contributed by atoms with van der Waals surface area (Å²) < 4.78 is 5.93. The van der Waals surface area contributed by atoms with Crippen LogP contribution in [0.2, 0.25) is 0 Å². The van der Waals surface area contributed by atoms with Crippen LogP contribution in [0.3, 0.4) is 0 Å². The van der Waals surface area contributed by atoms with E-state index in [4.69, 9.17) is 4.74 Å². The second kappa shape index (κ2) is 8.35. The lowest BCUT2D eigenvalue weighted by molar-refractivity contribution is -0.131. The van der Waals surface area contributed by atoms with Gasteiger partial charge in [0.25, 0.3) is 0 Å². The highest BCUT2D eigenvalue weighted by Gasteiger charge is 2.29. The van der Waals surface area contributed by atoms with Gasteiger partial charge in [0.2, 0.25) is 5.91 Å². The van der Waals surface area contributed by atoms with Crippen LogP contribution in [0.5, 0.6) is 5.75 Å². The summed E-state index contributed by atoms with van der Waals surface area (Å²) >= 11 is 0. The number of anilines is 1. The molecule has 2 aliphatic rings. The molecule has 2 saturated heterocycles. The number of pyridine rings is 2. The van der Waals surface area contributed by atoms with Crippen LogP contribution in [-0.2, 0) is 4.79 Å². The Morgan fingerprint density at radius 2 is 1.96 bits per heavy atom. The molecule has 2 aromatic rings. The zero-order valence-corrected chi connectivity index (χ0v) is 15.4. The third-order valence-corrected chi connectivity index (χ3v) is 5.14. The molecular weight excluding hydrogens is 342 g/mol. The van der Waals surface area contributed by atoms with Gasteiger partial charge in [0.1, 0.15) is 17.7 Å². The fraction of sp³-hybridized carbons (Fsp3) is 0.450. The van der Waals surface area contributed by atoms with Crippen LogP contribution in [0.25, 0.3) is 0 Å². The Morgan fingerprint density at radius 1 is 1.07 bits per heavy atom. The normalized spacial score (nSPS) is 20.7. The summed E-state index contributed by atoms with van der Waals surface area (Å²) in [6, 6.07) is 9.74. The summed E-state index contributed by atoms with van der Waals surface area (Å²) in [7, 11) is 0. The van der Waals surface area contributed by atoms with Crippen LogP contribution < -0.4 is 9.64 Å². The van der Waals surface area contributed by atoms with Crippen LogP contribution in [0.1, 0.15) is 6.42 Å². The number of aromatic nitrogens is 2. The van der Waals surface area contributed by atoms with E-state index in [1.54, 1.807) is 12.4 Å². The van der Waals surface area contributed by atoms with E-state index in [0.717, 1.165) is 50.7 Å². The first kappa shape index (κ1) is 17.7. The van der Waals surface area contributed by atoms with Crippen molar-refractivity contribution in [1.82, 2.24) is 19.8 Å². The first-order chi connectivity index (χ1) is 13.3. The minimum atomic E-state index is 0.0548. The second-order valence-corrected chi connectivity index (χ2v) is 7.01. The molecule has 7 heteroatoms. The van der Waals surface area contributed by atoms with Gasteiger partial charge in [0.05, 0.1) is 19.3 Å². The molecule has 2 aromatic heterocycles. The number of carbonyl (C=O) groups excluding carboxylic acids is 1. The molecule has 1 amide bonds. The topological polar surface area (TPSA) is 61.8 Å². The second-order valence-electron chi connectivity index (χ2n) is 7.01. The lowest BCUT2D eigenvalue weighted by Crippen LogP contribution is -2.50. The molecule has 27 heavy (non-hydrogen) atoms. The molecule has 0 aliphatic carbocycles. The van der Waals surface area contributed by atoms with Gasteiger partial charge in [-0.25, -0.2) is 4.98 Å². The van der Waals surface area contributed by atoms with E-state index < -0.39 is 0 Å². The van der Waals surface area contributed by atoms with Crippen LogP contribution in [0.15, 0.2) is 48.9 Å². The maximum Gasteiger partial charge on any atom is 0.236 e. The predicted octanol–water partition coefficient (Wildman–Crippen LogP) is 1.28. The highest BCUT2D eigenvalue weighted by molar-refractivity contribution is 5.78. The molecule has 2 fully saturated rings. The van der Waals surface area contributed by atoms with Crippen molar-refractivity contribution < 1.29 is 9.53 Å². The van der Waals surface area contributed by atoms with Gasteiger partial charge in [-0.3, -0.25) is 14.7 Å². The number of hydrogen-bond acceptors (Lipinski definition) is 6. The third kappa shape index (κ3) is 4.54. The average Bonchev–Trinajstić information content (AvgIpc) is 3.19. The summed E-state index contributed by atoms with van der Waals surface area (Å²) in [6.07, 6.45) is 6.19. The number of piperazine rings is 1. The summed E-state index contributed by atoms with van der Waals surface area (Å²) in [5, 5.41) is 0. The molecule has 0 N–H and O–H groups in total. The number of ether oxygens (including phenoxy) is 1. The van der Waals surface area contributed by atoms with Crippen LogP contribution >= 0.6 is 0 Å². The van der Waals surface area contributed by atoms with E-state index in [2.05, 4.69) is 19.8 Å². The molecule has 7 nitrogen and oxygen atoms in total. The lowest BCUT2D eigenvalue weighted by Gasteiger charge is -2.35. The van der Waals surface area contributed by atoms with E-state index >= 15 is 0 Å². The standard InChI is InChI=1S/C20H25N5O2/c26-20(25-9-6-18(15-25)27-17-4-3-7-21-14-17)16-23-10-12-24(13-11-23)19-5-1-2-8-22-19/h1-5,7-8,14,18H,6,9-13,15-16H2/t18-/m0/s1. The quantitative estimate of drug-likeness (QED) is 0.793. The molecule has 0 unspecified atom stereocenters. The largest absolute Gasteiger partial charge is 0.487 e. The first-order valence-electron chi connectivity index (χ1n) is 9.51. The Morgan fingerprint density at radius 3 is 2.70 bits per heavy atom. The summed E-state index contributed by atoms with van der Waals surface area (Å²) in [5.41, 5.74) is 0. The van der Waals surface area contributed by atoms with Gasteiger partial charge in [0, 0.05) is 51.5 Å². The number of likely N-dealkylation sites (tertiary alicyclic amines) is 1. The molecular formula is C20H25N5O2. The molecule has 4 rings (SSSR count). The van der Waals surface area contributed by atoms with Crippen molar-refractivity contribution in [3.8, 4) is 5.75 Å².